The predicted molar refractivity (Wildman–Crippen MR) is 95.0 cm³/mol. The number of rotatable bonds is 3. The third kappa shape index (κ3) is 2.80. The van der Waals surface area contributed by atoms with Gasteiger partial charge in [-0.05, 0) is 51.0 Å². The Morgan fingerprint density at radius 2 is 1.54 bits per heavy atom. The lowest BCUT2D eigenvalue weighted by Gasteiger charge is -2.20. The summed E-state index contributed by atoms with van der Waals surface area (Å²) in [5, 5.41) is 0. The summed E-state index contributed by atoms with van der Waals surface area (Å²) < 4.78 is 0. The van der Waals surface area contributed by atoms with Crippen LogP contribution in [-0.2, 0) is 11.3 Å². The van der Waals surface area contributed by atoms with Gasteiger partial charge in [-0.1, -0.05) is 41.5 Å². The number of hydrogen-bond acceptors (Lipinski definition) is 2. The zero-order valence-electron chi connectivity index (χ0n) is 14.5. The van der Waals surface area contributed by atoms with Gasteiger partial charge in [0.05, 0.1) is 6.54 Å². The van der Waals surface area contributed by atoms with E-state index in [0.717, 1.165) is 27.9 Å². The van der Waals surface area contributed by atoms with Crippen LogP contribution in [0.25, 0.3) is 0 Å². The van der Waals surface area contributed by atoms with Gasteiger partial charge in [0.2, 0.25) is 0 Å². The summed E-state index contributed by atoms with van der Waals surface area (Å²) in [6.45, 7) is 8.11. The van der Waals surface area contributed by atoms with Crippen LogP contribution in [0.3, 0.4) is 0 Å². The van der Waals surface area contributed by atoms with E-state index in [1.54, 1.807) is 11.8 Å². The monoisotopic (exact) mass is 322 g/mol. The van der Waals surface area contributed by atoms with Crippen molar-refractivity contribution in [2.45, 2.75) is 40.3 Å². The van der Waals surface area contributed by atoms with Gasteiger partial charge in [0.15, 0.2) is 0 Å². The van der Waals surface area contributed by atoms with Gasteiger partial charge in [0.1, 0.15) is 6.04 Å². The molecule has 1 aliphatic rings. The van der Waals surface area contributed by atoms with Crippen molar-refractivity contribution < 1.29 is 9.59 Å². The van der Waals surface area contributed by atoms with E-state index < -0.39 is 6.04 Å². The molecule has 124 valence electrons. The highest BCUT2D eigenvalue weighted by atomic mass is 16.2. The maximum absolute atomic E-state index is 12.8. The number of imide groups is 1. The second-order valence-corrected chi connectivity index (χ2v) is 6.52. The minimum absolute atomic E-state index is 0.151. The molecule has 1 heterocycles. The Morgan fingerprint density at radius 3 is 2.21 bits per heavy atom. The number of anilines is 1. The van der Waals surface area contributed by atoms with E-state index in [1.807, 2.05) is 63.2 Å². The molecule has 0 spiro atoms. The number of amides is 3. The van der Waals surface area contributed by atoms with Crippen LogP contribution in [0.2, 0.25) is 0 Å². The largest absolute Gasteiger partial charge is 0.332 e. The van der Waals surface area contributed by atoms with Gasteiger partial charge in [0.25, 0.3) is 5.91 Å². The lowest BCUT2D eigenvalue weighted by Crippen LogP contribution is -2.33. The van der Waals surface area contributed by atoms with E-state index in [0.29, 0.717) is 6.54 Å². The van der Waals surface area contributed by atoms with Gasteiger partial charge in [-0.3, -0.25) is 14.6 Å². The summed E-state index contributed by atoms with van der Waals surface area (Å²) in [5.41, 5.74) is 5.10. The van der Waals surface area contributed by atoms with Gasteiger partial charge < -0.3 is 0 Å². The number of nitrogens with zero attached hydrogens (tertiary/aromatic N) is 2. The Bertz CT molecular complexity index is 796. The van der Waals surface area contributed by atoms with Crippen LogP contribution in [0.15, 0.2) is 42.5 Å². The lowest BCUT2D eigenvalue weighted by atomic mass is 10.1. The first-order valence-corrected chi connectivity index (χ1v) is 8.16. The summed E-state index contributed by atoms with van der Waals surface area (Å²) in [7, 11) is 0. The van der Waals surface area contributed by atoms with Crippen molar-refractivity contribution >= 4 is 17.6 Å². The molecular formula is C20H22N2O2. The molecule has 0 aliphatic carbocycles. The van der Waals surface area contributed by atoms with Crippen LogP contribution >= 0.6 is 0 Å². The summed E-state index contributed by atoms with van der Waals surface area (Å²) in [6.07, 6.45) is 0. The average Bonchev–Trinajstić information content (AvgIpc) is 2.76. The van der Waals surface area contributed by atoms with Crippen molar-refractivity contribution in [3.8, 4) is 0 Å². The molecule has 0 unspecified atom stereocenters. The molecule has 4 heteroatoms. The van der Waals surface area contributed by atoms with E-state index >= 15 is 0 Å². The molecule has 0 aromatic heterocycles. The van der Waals surface area contributed by atoms with Crippen molar-refractivity contribution in [2.75, 3.05) is 4.90 Å². The molecule has 1 aliphatic heterocycles. The third-order valence-corrected chi connectivity index (χ3v) is 4.59. The summed E-state index contributed by atoms with van der Waals surface area (Å²) in [4.78, 5) is 28.4. The van der Waals surface area contributed by atoms with E-state index in [4.69, 9.17) is 0 Å². The van der Waals surface area contributed by atoms with Gasteiger partial charge >= 0.3 is 6.03 Å². The quantitative estimate of drug-likeness (QED) is 0.802. The predicted octanol–water partition coefficient (Wildman–Crippen LogP) is 3.97. The molecule has 24 heavy (non-hydrogen) atoms. The zero-order chi connectivity index (χ0) is 17.4. The Balaban J connectivity index is 1.90. The maximum atomic E-state index is 12.8. The first-order valence-electron chi connectivity index (χ1n) is 8.16. The molecule has 3 amide bonds. The fourth-order valence-electron chi connectivity index (χ4n) is 3.05. The Hall–Kier alpha value is -2.62. The molecule has 0 bridgehead atoms. The first kappa shape index (κ1) is 16.2. The van der Waals surface area contributed by atoms with Gasteiger partial charge in [-0.25, -0.2) is 4.79 Å². The molecule has 3 rings (SSSR count). The van der Waals surface area contributed by atoms with Crippen molar-refractivity contribution in [3.63, 3.8) is 0 Å². The smallest absolute Gasteiger partial charge is 0.282 e. The molecule has 1 fully saturated rings. The summed E-state index contributed by atoms with van der Waals surface area (Å²) >= 11 is 0. The minimum Gasteiger partial charge on any atom is -0.282 e. The van der Waals surface area contributed by atoms with Crippen LogP contribution in [-0.4, -0.2) is 22.9 Å². The number of benzene rings is 2. The minimum atomic E-state index is -0.481. The number of urea groups is 1. The number of hydrogen-bond donors (Lipinski definition) is 0. The standard InChI is InChI=1S/C20H22N2O2/c1-13-6-9-18(10-7-13)22-16(4)19(23)21(20(22)24)12-17-11-14(2)5-8-15(17)3/h5-11,16H,12H2,1-4H3/t16-/m0/s1. The van der Waals surface area contributed by atoms with Crippen LogP contribution < -0.4 is 4.90 Å². The Morgan fingerprint density at radius 1 is 0.917 bits per heavy atom. The molecule has 0 N–H and O–H groups in total. The molecule has 2 aromatic rings. The van der Waals surface area contributed by atoms with Crippen LogP contribution in [0.4, 0.5) is 10.5 Å². The van der Waals surface area contributed by atoms with Crippen LogP contribution in [0.5, 0.6) is 0 Å². The van der Waals surface area contributed by atoms with E-state index in [9.17, 15) is 9.59 Å². The normalized spacial score (nSPS) is 17.8. The third-order valence-electron chi connectivity index (χ3n) is 4.59. The van der Waals surface area contributed by atoms with E-state index in [1.165, 1.54) is 4.90 Å². The molecule has 1 atom stereocenters. The average molecular weight is 322 g/mol. The number of carbonyl (C=O) groups excluding carboxylic acids is 2. The highest BCUT2D eigenvalue weighted by molar-refractivity contribution is 6.14. The fraction of sp³-hybridized carbons (Fsp3) is 0.300. The fourth-order valence-corrected chi connectivity index (χ4v) is 3.05. The van der Waals surface area contributed by atoms with Gasteiger partial charge in [0, 0.05) is 5.69 Å². The highest BCUT2D eigenvalue weighted by Gasteiger charge is 2.43. The number of carbonyl (C=O) groups is 2. The van der Waals surface area contributed by atoms with Crippen molar-refractivity contribution in [1.82, 2.24) is 4.90 Å². The lowest BCUT2D eigenvalue weighted by molar-refractivity contribution is -0.127. The summed E-state index contributed by atoms with van der Waals surface area (Å²) in [6, 6.07) is 13.0. The Kier molecular flexibility index (Phi) is 4.14. The second kappa shape index (κ2) is 6.11. The van der Waals surface area contributed by atoms with Crippen molar-refractivity contribution in [1.29, 1.82) is 0 Å². The molecule has 2 aromatic carbocycles. The zero-order valence-corrected chi connectivity index (χ0v) is 14.5. The van der Waals surface area contributed by atoms with Crippen LogP contribution in [0, 0.1) is 20.8 Å². The molecule has 1 saturated heterocycles. The van der Waals surface area contributed by atoms with E-state index in [2.05, 4.69) is 0 Å². The molecule has 4 nitrogen and oxygen atoms in total. The molecule has 0 radical (unpaired) electrons. The number of aryl methyl sites for hydroxylation is 3. The maximum Gasteiger partial charge on any atom is 0.332 e. The molecular weight excluding hydrogens is 300 g/mol. The van der Waals surface area contributed by atoms with Crippen LogP contribution in [0.1, 0.15) is 29.2 Å². The van der Waals surface area contributed by atoms with E-state index in [-0.39, 0.29) is 11.9 Å². The van der Waals surface area contributed by atoms with Crippen molar-refractivity contribution in [3.05, 3.63) is 64.7 Å². The molecule has 0 saturated carbocycles. The highest BCUT2D eigenvalue weighted by Crippen LogP contribution is 2.27. The van der Waals surface area contributed by atoms with Gasteiger partial charge in [-0.2, -0.15) is 0 Å². The first-order chi connectivity index (χ1) is 11.4. The van der Waals surface area contributed by atoms with Gasteiger partial charge in [-0.15, -0.1) is 0 Å². The SMILES string of the molecule is Cc1ccc(N2C(=O)N(Cc3cc(C)ccc3C)C(=O)[C@@H]2C)cc1. The topological polar surface area (TPSA) is 40.6 Å². The van der Waals surface area contributed by atoms with Crippen molar-refractivity contribution in [2.24, 2.45) is 0 Å². The summed E-state index contributed by atoms with van der Waals surface area (Å²) in [5.74, 6) is -0.151. The second-order valence-electron chi connectivity index (χ2n) is 6.52. The Labute approximate surface area is 142 Å².